The van der Waals surface area contributed by atoms with Crippen molar-refractivity contribution in [2.75, 3.05) is 0 Å². The summed E-state index contributed by atoms with van der Waals surface area (Å²) in [6.45, 7) is 8.81. The highest BCUT2D eigenvalue weighted by atomic mass is 28.2. The van der Waals surface area contributed by atoms with E-state index >= 15 is 0 Å². The topological polar surface area (TPSA) is 0 Å². The molecular formula is C31H32Si. The lowest BCUT2D eigenvalue weighted by Crippen LogP contribution is -2.16. The zero-order valence-electron chi connectivity index (χ0n) is 19.7. The number of aryl methyl sites for hydroxylation is 4. The molecule has 0 saturated carbocycles. The Morgan fingerprint density at radius 2 is 0.875 bits per heavy atom. The summed E-state index contributed by atoms with van der Waals surface area (Å²) in [7, 11) is 0.820. The fraction of sp³-hybridized carbons (Fsp3) is 0.226. The minimum atomic E-state index is 0.820. The summed E-state index contributed by atoms with van der Waals surface area (Å²) in [5.41, 5.74) is 12.5. The van der Waals surface area contributed by atoms with E-state index in [2.05, 4.69) is 113 Å². The molecule has 0 aliphatic rings. The predicted octanol–water partition coefficient (Wildman–Crippen LogP) is 6.63. The first-order valence-corrected chi connectivity index (χ1v) is 12.7. The van der Waals surface area contributed by atoms with Gasteiger partial charge in [0.1, 0.15) is 0 Å². The quantitative estimate of drug-likeness (QED) is 0.287. The van der Waals surface area contributed by atoms with Gasteiger partial charge in [-0.1, -0.05) is 118 Å². The largest absolute Gasteiger partial charge is 0.0855 e. The van der Waals surface area contributed by atoms with Gasteiger partial charge < -0.3 is 0 Å². The van der Waals surface area contributed by atoms with E-state index in [0.29, 0.717) is 0 Å². The van der Waals surface area contributed by atoms with Crippen molar-refractivity contribution >= 4 is 14.7 Å². The number of hydrogen-bond donors (Lipinski definition) is 0. The van der Waals surface area contributed by atoms with Crippen LogP contribution in [-0.4, -0.2) is 9.52 Å². The average molecular weight is 433 g/mol. The summed E-state index contributed by atoms with van der Waals surface area (Å²) in [4.78, 5) is 0. The highest BCUT2D eigenvalue weighted by Gasteiger charge is 2.06. The summed E-state index contributed by atoms with van der Waals surface area (Å²) < 4.78 is 0. The second kappa shape index (κ2) is 10.1. The van der Waals surface area contributed by atoms with Crippen LogP contribution in [-0.2, 0) is 18.9 Å². The van der Waals surface area contributed by atoms with Crippen molar-refractivity contribution < 1.29 is 0 Å². The predicted molar refractivity (Wildman–Crippen MR) is 139 cm³/mol. The number of hydrogen-bond acceptors (Lipinski definition) is 0. The molecule has 0 bridgehead atoms. The Morgan fingerprint density at radius 3 is 1.41 bits per heavy atom. The number of rotatable bonds is 7. The van der Waals surface area contributed by atoms with Crippen molar-refractivity contribution in [3.63, 3.8) is 0 Å². The van der Waals surface area contributed by atoms with Crippen LogP contribution in [0.4, 0.5) is 0 Å². The Balaban J connectivity index is 1.51. The van der Waals surface area contributed by atoms with Crippen LogP contribution in [0.3, 0.4) is 0 Å². The van der Waals surface area contributed by atoms with Gasteiger partial charge >= 0.3 is 0 Å². The molecule has 0 N–H and O–H groups in total. The molecule has 0 aromatic heterocycles. The van der Waals surface area contributed by atoms with Gasteiger partial charge in [-0.3, -0.25) is 0 Å². The molecule has 2 radical (unpaired) electrons. The summed E-state index contributed by atoms with van der Waals surface area (Å²) in [5, 5.41) is 1.44. The SMILES string of the molecule is Cc1cc(C)cc(Cc2cc(C)cc(Cc3cc(C)cc(C[Si]c4ccccc4)c3)c2)c1. The highest BCUT2D eigenvalue weighted by Crippen LogP contribution is 2.20. The average Bonchev–Trinajstić information content (AvgIpc) is 2.71. The van der Waals surface area contributed by atoms with E-state index < -0.39 is 0 Å². The molecule has 160 valence electrons. The molecule has 0 nitrogen and oxygen atoms in total. The molecule has 0 spiro atoms. The third-order valence-corrected chi connectivity index (χ3v) is 7.09. The molecule has 1 heteroatoms. The van der Waals surface area contributed by atoms with Gasteiger partial charge in [-0.05, 0) is 68.8 Å². The van der Waals surface area contributed by atoms with Gasteiger partial charge in [-0.2, -0.15) is 0 Å². The summed E-state index contributed by atoms with van der Waals surface area (Å²) in [5.74, 6) is 0. The van der Waals surface area contributed by atoms with Crippen molar-refractivity contribution in [2.24, 2.45) is 0 Å². The molecule has 0 saturated heterocycles. The maximum atomic E-state index is 2.41. The van der Waals surface area contributed by atoms with Crippen molar-refractivity contribution in [1.29, 1.82) is 0 Å². The van der Waals surface area contributed by atoms with Crippen LogP contribution < -0.4 is 5.19 Å². The second-order valence-electron chi connectivity index (χ2n) is 9.22. The van der Waals surface area contributed by atoms with E-state index in [0.717, 1.165) is 28.4 Å². The Morgan fingerprint density at radius 1 is 0.469 bits per heavy atom. The van der Waals surface area contributed by atoms with Crippen LogP contribution >= 0.6 is 0 Å². The van der Waals surface area contributed by atoms with Gasteiger partial charge in [0.2, 0.25) is 0 Å². The molecule has 32 heavy (non-hydrogen) atoms. The standard InChI is InChI=1S/C31H32Si/c1-22-10-23(2)12-26(11-22)17-27-13-24(3)14-28(18-27)19-29-15-25(4)16-30(20-29)21-32-31-8-6-5-7-9-31/h5-16,18,20H,17,19,21H2,1-4H3. The van der Waals surface area contributed by atoms with E-state index in [1.165, 1.54) is 55.3 Å². The van der Waals surface area contributed by atoms with E-state index in [1.54, 1.807) is 0 Å². The Bertz CT molecular complexity index is 1180. The first-order valence-electron chi connectivity index (χ1n) is 11.5. The molecule has 0 aliphatic heterocycles. The van der Waals surface area contributed by atoms with Gasteiger partial charge in [0.25, 0.3) is 0 Å². The minimum Gasteiger partial charge on any atom is -0.0639 e. The molecule has 0 fully saturated rings. The van der Waals surface area contributed by atoms with Crippen LogP contribution in [0, 0.1) is 27.7 Å². The maximum absolute atomic E-state index is 2.41. The zero-order valence-corrected chi connectivity index (χ0v) is 20.7. The lowest BCUT2D eigenvalue weighted by atomic mass is 9.95. The molecule has 4 aromatic rings. The fourth-order valence-electron chi connectivity index (χ4n) is 4.71. The molecule has 4 aromatic carbocycles. The minimum absolute atomic E-state index is 0.820. The van der Waals surface area contributed by atoms with Crippen molar-refractivity contribution in [1.82, 2.24) is 0 Å². The lowest BCUT2D eigenvalue weighted by molar-refractivity contribution is 1.11. The molecule has 4 rings (SSSR count). The van der Waals surface area contributed by atoms with Crippen LogP contribution in [0.15, 0.2) is 84.9 Å². The molecule has 0 unspecified atom stereocenters. The Labute approximate surface area is 196 Å². The molecule has 0 amide bonds. The van der Waals surface area contributed by atoms with Crippen LogP contribution in [0.2, 0.25) is 0 Å². The van der Waals surface area contributed by atoms with Crippen molar-refractivity contribution in [3.8, 4) is 0 Å². The van der Waals surface area contributed by atoms with E-state index in [9.17, 15) is 0 Å². The smallest absolute Gasteiger partial charge is 0.0639 e. The van der Waals surface area contributed by atoms with Gasteiger partial charge in [0.05, 0.1) is 9.52 Å². The van der Waals surface area contributed by atoms with Gasteiger partial charge in [0.15, 0.2) is 0 Å². The highest BCUT2D eigenvalue weighted by molar-refractivity contribution is 6.52. The fourth-order valence-corrected chi connectivity index (χ4v) is 5.75. The molecular weight excluding hydrogens is 400 g/mol. The first kappa shape index (κ1) is 22.3. The van der Waals surface area contributed by atoms with Crippen molar-refractivity contribution in [2.45, 2.75) is 46.6 Å². The second-order valence-corrected chi connectivity index (χ2v) is 10.5. The molecule has 0 aliphatic carbocycles. The zero-order chi connectivity index (χ0) is 22.5. The van der Waals surface area contributed by atoms with Crippen LogP contribution in [0.25, 0.3) is 0 Å². The summed E-state index contributed by atoms with van der Waals surface area (Å²) in [6, 6.07) is 33.0. The van der Waals surface area contributed by atoms with Gasteiger partial charge in [-0.15, -0.1) is 0 Å². The van der Waals surface area contributed by atoms with Crippen molar-refractivity contribution in [3.05, 3.63) is 135 Å². The van der Waals surface area contributed by atoms with Gasteiger partial charge in [0, 0.05) is 0 Å². The third kappa shape index (κ3) is 6.31. The maximum Gasteiger partial charge on any atom is 0.0855 e. The third-order valence-electron chi connectivity index (χ3n) is 5.76. The summed E-state index contributed by atoms with van der Waals surface area (Å²) >= 11 is 0. The van der Waals surface area contributed by atoms with E-state index in [-0.39, 0.29) is 0 Å². The first-order chi connectivity index (χ1) is 15.4. The Hall–Kier alpha value is -2.90. The monoisotopic (exact) mass is 432 g/mol. The number of benzene rings is 4. The molecule has 0 heterocycles. The normalized spacial score (nSPS) is 11.0. The lowest BCUT2D eigenvalue weighted by Gasteiger charge is -2.11. The summed E-state index contributed by atoms with van der Waals surface area (Å²) in [6.07, 6.45) is 1.99. The van der Waals surface area contributed by atoms with Gasteiger partial charge in [-0.25, -0.2) is 0 Å². The van der Waals surface area contributed by atoms with E-state index in [4.69, 9.17) is 0 Å². The van der Waals surface area contributed by atoms with E-state index in [1.807, 2.05) is 0 Å². The van der Waals surface area contributed by atoms with Crippen LogP contribution in [0.1, 0.15) is 50.1 Å². The van der Waals surface area contributed by atoms with Crippen LogP contribution in [0.5, 0.6) is 0 Å². The molecule has 0 atom stereocenters. The Kier molecular flexibility index (Phi) is 7.07.